The number of nitrogens with zero attached hydrogens (tertiary/aromatic N) is 5. The van der Waals surface area contributed by atoms with Crippen molar-refractivity contribution in [3.05, 3.63) is 35.7 Å². The number of aryl methyl sites for hydroxylation is 2. The fraction of sp³-hybridized carbons (Fsp3) is 0.700. The van der Waals surface area contributed by atoms with E-state index < -0.39 is 0 Å². The molecule has 2 fully saturated rings. The van der Waals surface area contributed by atoms with Crippen molar-refractivity contribution in [3.63, 3.8) is 0 Å². The van der Waals surface area contributed by atoms with Crippen molar-refractivity contribution in [1.82, 2.24) is 29.5 Å². The molecule has 0 aromatic carbocycles. The molecule has 0 amide bonds. The first-order chi connectivity index (χ1) is 13.0. The first-order valence-corrected chi connectivity index (χ1v) is 10.1. The first kappa shape index (κ1) is 18.7. The van der Waals surface area contributed by atoms with Gasteiger partial charge in [-0.2, -0.15) is 5.10 Å². The monoisotopic (exact) mass is 372 g/mol. The molecule has 2 aromatic rings. The van der Waals surface area contributed by atoms with Gasteiger partial charge in [0.2, 0.25) is 0 Å². The van der Waals surface area contributed by atoms with Gasteiger partial charge in [0.25, 0.3) is 0 Å². The maximum Gasteiger partial charge on any atom is 0.0922 e. The third kappa shape index (κ3) is 4.25. The van der Waals surface area contributed by atoms with Crippen LogP contribution in [0.3, 0.4) is 0 Å². The summed E-state index contributed by atoms with van der Waals surface area (Å²) in [5.41, 5.74) is 3.55. The molecule has 2 aromatic heterocycles. The van der Waals surface area contributed by atoms with E-state index in [0.717, 1.165) is 64.4 Å². The fourth-order valence-corrected chi connectivity index (χ4v) is 4.51. The number of H-pyrrole nitrogens is 1. The molecule has 0 aliphatic carbocycles. The number of rotatable bonds is 5. The maximum atomic E-state index is 6.34. The van der Waals surface area contributed by atoms with E-state index in [9.17, 15) is 0 Å². The summed E-state index contributed by atoms with van der Waals surface area (Å²) in [6.07, 6.45) is 5.88. The highest BCUT2D eigenvalue weighted by molar-refractivity contribution is 5.07. The third-order valence-electron chi connectivity index (χ3n) is 6.16. The Bertz CT molecular complexity index is 732. The summed E-state index contributed by atoms with van der Waals surface area (Å²) in [6.45, 7) is 13.5. The second-order valence-electron chi connectivity index (χ2n) is 8.31. The molecule has 2 aliphatic rings. The lowest BCUT2D eigenvalue weighted by Gasteiger charge is -2.48. The van der Waals surface area contributed by atoms with Crippen LogP contribution in [0.25, 0.3) is 0 Å². The Morgan fingerprint density at radius 2 is 2.07 bits per heavy atom. The first-order valence-electron chi connectivity index (χ1n) is 10.1. The number of ether oxygens (including phenoxy) is 1. The van der Waals surface area contributed by atoms with E-state index >= 15 is 0 Å². The Morgan fingerprint density at radius 3 is 2.74 bits per heavy atom. The number of nitrogens with one attached hydrogen (secondary N) is 1. The van der Waals surface area contributed by atoms with Gasteiger partial charge in [-0.25, -0.2) is 4.98 Å². The van der Waals surface area contributed by atoms with Crippen molar-refractivity contribution in [2.75, 3.05) is 32.8 Å². The standard InChI is InChI=1S/C20H32N6O/c1-16-10-17(2)26(23-16)12-18(3)25-8-9-27-20(14-25)4-6-24(7-5-20)13-19-11-21-15-22-19/h10-11,15,18H,4-9,12-14H2,1-3H3,(H,21,22). The van der Waals surface area contributed by atoms with Crippen LogP contribution in [0.15, 0.2) is 18.6 Å². The molecule has 4 rings (SSSR count). The Morgan fingerprint density at radius 1 is 1.26 bits per heavy atom. The summed E-state index contributed by atoms with van der Waals surface area (Å²) in [4.78, 5) is 12.4. The predicted octanol–water partition coefficient (Wildman–Crippen LogP) is 1.98. The van der Waals surface area contributed by atoms with Gasteiger partial charge >= 0.3 is 0 Å². The van der Waals surface area contributed by atoms with Crippen LogP contribution in [0.2, 0.25) is 0 Å². The van der Waals surface area contributed by atoms with Crippen molar-refractivity contribution >= 4 is 0 Å². The number of hydrogen-bond acceptors (Lipinski definition) is 5. The molecule has 1 spiro atoms. The van der Waals surface area contributed by atoms with E-state index in [-0.39, 0.29) is 5.60 Å². The summed E-state index contributed by atoms with van der Waals surface area (Å²) in [5.74, 6) is 0. The van der Waals surface area contributed by atoms with Crippen LogP contribution in [-0.4, -0.2) is 74.0 Å². The molecule has 7 heteroatoms. The number of aromatic nitrogens is 4. The average molecular weight is 373 g/mol. The summed E-state index contributed by atoms with van der Waals surface area (Å²) in [5, 5.41) is 4.64. The summed E-state index contributed by atoms with van der Waals surface area (Å²) in [7, 11) is 0. The molecule has 0 saturated carbocycles. The summed E-state index contributed by atoms with van der Waals surface area (Å²) < 4.78 is 8.49. The SMILES string of the molecule is Cc1cc(C)n(CC(C)N2CCOC3(CCN(Cc4cnc[nH]4)CC3)C2)n1. The quantitative estimate of drug-likeness (QED) is 0.870. The Hall–Kier alpha value is -1.70. The van der Waals surface area contributed by atoms with E-state index in [2.05, 4.69) is 56.4 Å². The van der Waals surface area contributed by atoms with Crippen LogP contribution in [0.1, 0.15) is 36.8 Å². The van der Waals surface area contributed by atoms with Gasteiger partial charge in [0.05, 0.1) is 30.8 Å². The Kier molecular flexibility index (Phi) is 5.34. The Labute approximate surface area is 161 Å². The van der Waals surface area contributed by atoms with Gasteiger partial charge in [-0.1, -0.05) is 0 Å². The van der Waals surface area contributed by atoms with E-state index in [1.165, 1.54) is 11.4 Å². The zero-order valence-corrected chi connectivity index (χ0v) is 16.8. The number of aromatic amines is 1. The lowest BCUT2D eigenvalue weighted by molar-refractivity contribution is -0.144. The minimum Gasteiger partial charge on any atom is -0.372 e. The molecule has 148 valence electrons. The van der Waals surface area contributed by atoms with Gasteiger partial charge in [0, 0.05) is 56.4 Å². The minimum atomic E-state index is 0.0199. The summed E-state index contributed by atoms with van der Waals surface area (Å²) >= 11 is 0. The fourth-order valence-electron chi connectivity index (χ4n) is 4.51. The zero-order chi connectivity index (χ0) is 18.9. The average Bonchev–Trinajstić information content (AvgIpc) is 3.27. The molecule has 1 unspecified atom stereocenters. The van der Waals surface area contributed by atoms with Crippen LogP contribution in [-0.2, 0) is 17.8 Å². The number of piperidine rings is 1. The maximum absolute atomic E-state index is 6.34. The van der Waals surface area contributed by atoms with Crippen LogP contribution in [0.5, 0.6) is 0 Å². The van der Waals surface area contributed by atoms with E-state index in [4.69, 9.17) is 4.74 Å². The van der Waals surface area contributed by atoms with Crippen LogP contribution < -0.4 is 0 Å². The third-order valence-corrected chi connectivity index (χ3v) is 6.16. The molecule has 2 aliphatic heterocycles. The van der Waals surface area contributed by atoms with Gasteiger partial charge in [-0.15, -0.1) is 0 Å². The lowest BCUT2D eigenvalue weighted by Crippen LogP contribution is -2.58. The number of imidazole rings is 1. The van der Waals surface area contributed by atoms with Gasteiger partial charge < -0.3 is 9.72 Å². The van der Waals surface area contributed by atoms with Crippen molar-refractivity contribution in [2.24, 2.45) is 0 Å². The van der Waals surface area contributed by atoms with Crippen LogP contribution in [0, 0.1) is 13.8 Å². The van der Waals surface area contributed by atoms with E-state index in [1.54, 1.807) is 6.33 Å². The minimum absolute atomic E-state index is 0.0199. The Balaban J connectivity index is 1.33. The van der Waals surface area contributed by atoms with Crippen molar-refractivity contribution in [1.29, 1.82) is 0 Å². The molecule has 1 N–H and O–H groups in total. The van der Waals surface area contributed by atoms with E-state index in [0.29, 0.717) is 6.04 Å². The largest absolute Gasteiger partial charge is 0.372 e. The normalized spacial score (nSPS) is 22.3. The molecule has 7 nitrogen and oxygen atoms in total. The van der Waals surface area contributed by atoms with Crippen molar-refractivity contribution < 1.29 is 4.74 Å². The molecular formula is C20H32N6O. The highest BCUT2D eigenvalue weighted by Gasteiger charge is 2.40. The molecule has 0 radical (unpaired) electrons. The second kappa shape index (κ2) is 7.73. The highest BCUT2D eigenvalue weighted by Crippen LogP contribution is 2.31. The predicted molar refractivity (Wildman–Crippen MR) is 105 cm³/mol. The number of likely N-dealkylation sites (tertiary alicyclic amines) is 1. The van der Waals surface area contributed by atoms with Crippen molar-refractivity contribution in [3.8, 4) is 0 Å². The van der Waals surface area contributed by atoms with Crippen LogP contribution >= 0.6 is 0 Å². The van der Waals surface area contributed by atoms with E-state index in [1.807, 2.05) is 6.20 Å². The van der Waals surface area contributed by atoms with Gasteiger partial charge in [-0.05, 0) is 39.7 Å². The highest BCUT2D eigenvalue weighted by atomic mass is 16.5. The molecule has 0 bridgehead atoms. The molecular weight excluding hydrogens is 340 g/mol. The van der Waals surface area contributed by atoms with Crippen LogP contribution in [0.4, 0.5) is 0 Å². The second-order valence-corrected chi connectivity index (χ2v) is 8.31. The lowest BCUT2D eigenvalue weighted by atomic mass is 9.88. The molecule has 4 heterocycles. The molecule has 1 atom stereocenters. The van der Waals surface area contributed by atoms with Gasteiger partial charge in [-0.3, -0.25) is 14.5 Å². The summed E-state index contributed by atoms with van der Waals surface area (Å²) in [6, 6.07) is 2.62. The topological polar surface area (TPSA) is 62.2 Å². The molecule has 2 saturated heterocycles. The molecule has 27 heavy (non-hydrogen) atoms. The number of morpholine rings is 1. The van der Waals surface area contributed by atoms with Crippen molar-refractivity contribution in [2.45, 2.75) is 58.3 Å². The number of hydrogen-bond donors (Lipinski definition) is 1. The zero-order valence-electron chi connectivity index (χ0n) is 16.8. The van der Waals surface area contributed by atoms with Gasteiger partial charge in [0.15, 0.2) is 0 Å². The van der Waals surface area contributed by atoms with Gasteiger partial charge in [0.1, 0.15) is 0 Å². The smallest absolute Gasteiger partial charge is 0.0922 e.